The molecule has 2 bridgehead atoms. The van der Waals surface area contributed by atoms with Gasteiger partial charge >= 0.3 is 5.97 Å². The molecule has 0 aromatic carbocycles. The molecule has 0 radical (unpaired) electrons. The van der Waals surface area contributed by atoms with Crippen LogP contribution in [-0.2, 0) is 23.8 Å². The van der Waals surface area contributed by atoms with E-state index < -0.39 is 16.8 Å². The molecule has 2 saturated heterocycles. The van der Waals surface area contributed by atoms with Gasteiger partial charge in [-0.1, -0.05) is 13.8 Å². The van der Waals surface area contributed by atoms with Gasteiger partial charge in [0.25, 0.3) is 0 Å². The van der Waals surface area contributed by atoms with E-state index in [0.717, 1.165) is 12.8 Å². The van der Waals surface area contributed by atoms with Crippen molar-refractivity contribution in [2.24, 2.45) is 10.8 Å². The molecule has 2 aliphatic heterocycles. The predicted molar refractivity (Wildman–Crippen MR) is 76.9 cm³/mol. The summed E-state index contributed by atoms with van der Waals surface area (Å²) < 4.78 is 18.2. The van der Waals surface area contributed by atoms with Crippen molar-refractivity contribution in [3.05, 3.63) is 11.6 Å². The van der Waals surface area contributed by atoms with E-state index in [1.165, 1.54) is 6.92 Å². The summed E-state index contributed by atoms with van der Waals surface area (Å²) in [4.78, 5) is 23.7. The molecule has 0 N–H and O–H groups in total. The monoisotopic (exact) mass is 306 g/mol. The van der Waals surface area contributed by atoms with Gasteiger partial charge in [-0.05, 0) is 31.4 Å². The fourth-order valence-electron chi connectivity index (χ4n) is 5.29. The lowest BCUT2D eigenvalue weighted by atomic mass is 9.53. The molecule has 1 saturated carbocycles. The molecule has 0 unspecified atom stereocenters. The van der Waals surface area contributed by atoms with Crippen molar-refractivity contribution in [2.75, 3.05) is 6.61 Å². The van der Waals surface area contributed by atoms with Crippen molar-refractivity contribution in [1.82, 2.24) is 0 Å². The van der Waals surface area contributed by atoms with E-state index >= 15 is 0 Å². The largest absolute Gasteiger partial charge is 0.463 e. The Morgan fingerprint density at radius 2 is 2.14 bits per heavy atom. The van der Waals surface area contributed by atoms with E-state index in [-0.39, 0.29) is 29.9 Å². The number of fused-ring (bicyclic) bond motifs is 1. The molecule has 4 rings (SSSR count). The van der Waals surface area contributed by atoms with Crippen molar-refractivity contribution in [2.45, 2.75) is 64.4 Å². The molecule has 2 aliphatic carbocycles. The van der Waals surface area contributed by atoms with Gasteiger partial charge in [-0.2, -0.15) is 0 Å². The first-order chi connectivity index (χ1) is 10.2. The number of hydrogen-bond donors (Lipinski definition) is 0. The van der Waals surface area contributed by atoms with Gasteiger partial charge < -0.3 is 14.2 Å². The highest BCUT2D eigenvalue weighted by Crippen LogP contribution is 2.77. The second-order valence-corrected chi connectivity index (χ2v) is 7.68. The Morgan fingerprint density at radius 3 is 2.82 bits per heavy atom. The Balaban J connectivity index is 1.86. The normalized spacial score (nSPS) is 51.7. The Kier molecular flexibility index (Phi) is 2.50. The quantitative estimate of drug-likeness (QED) is 0.731. The van der Waals surface area contributed by atoms with Crippen LogP contribution in [0.3, 0.4) is 0 Å². The molecule has 1 spiro atoms. The maximum Gasteiger partial charge on any atom is 0.302 e. The van der Waals surface area contributed by atoms with Gasteiger partial charge in [0.15, 0.2) is 11.6 Å². The van der Waals surface area contributed by atoms with E-state index in [0.29, 0.717) is 12.0 Å². The highest BCUT2D eigenvalue weighted by molar-refractivity contribution is 5.97. The number of hydrogen-bond acceptors (Lipinski definition) is 5. The summed E-state index contributed by atoms with van der Waals surface area (Å²) in [6.07, 6.45) is 3.98. The van der Waals surface area contributed by atoms with Gasteiger partial charge in [-0.3, -0.25) is 9.59 Å². The molecule has 4 aliphatic rings. The molecular weight excluding hydrogens is 284 g/mol. The zero-order chi connectivity index (χ0) is 16.0. The second-order valence-electron chi connectivity index (χ2n) is 7.68. The molecule has 5 heteroatoms. The van der Waals surface area contributed by atoms with Crippen molar-refractivity contribution in [3.63, 3.8) is 0 Å². The third kappa shape index (κ3) is 1.26. The van der Waals surface area contributed by atoms with Crippen molar-refractivity contribution < 1.29 is 23.8 Å². The second kappa shape index (κ2) is 3.82. The summed E-state index contributed by atoms with van der Waals surface area (Å²) >= 11 is 0. The average Bonchev–Trinajstić information content (AvgIpc) is 2.91. The van der Waals surface area contributed by atoms with E-state index in [9.17, 15) is 9.59 Å². The van der Waals surface area contributed by atoms with Gasteiger partial charge in [-0.15, -0.1) is 0 Å². The summed E-state index contributed by atoms with van der Waals surface area (Å²) in [5.41, 5.74) is -0.616. The average molecular weight is 306 g/mol. The Bertz CT molecular complexity index is 625. The zero-order valence-electron chi connectivity index (χ0n) is 13.5. The maximum atomic E-state index is 12.3. The number of ether oxygens (including phenoxy) is 3. The van der Waals surface area contributed by atoms with Gasteiger partial charge in [-0.25, -0.2) is 0 Å². The molecule has 5 atom stereocenters. The van der Waals surface area contributed by atoms with E-state index in [2.05, 4.69) is 13.8 Å². The molecule has 5 nitrogen and oxygen atoms in total. The van der Waals surface area contributed by atoms with Crippen LogP contribution in [0.5, 0.6) is 0 Å². The smallest absolute Gasteiger partial charge is 0.302 e. The molecule has 0 amide bonds. The number of carbonyl (C=O) groups is 2. The lowest BCUT2D eigenvalue weighted by molar-refractivity contribution is -0.199. The minimum atomic E-state index is -0.860. The number of esters is 1. The SMILES string of the molecule is CC(=O)OC[C@]12O[C@]34C=C(C)C(=O)C[C@]3(C)[C@@]1(C)CC[C@H]2O4. The fourth-order valence-corrected chi connectivity index (χ4v) is 5.29. The standard InChI is InChI=1S/C17H22O5/c1-10-7-17-15(4,8-12(10)19)14(3)6-5-13(21-17)16(14,22-17)9-20-11(2)18/h7,13H,5-6,8-9H2,1-4H3/t13-,14-,15-,16-,17-/m1/s1. The molecular formula is C17H22O5. The molecule has 0 aromatic rings. The Hall–Kier alpha value is -1.20. The van der Waals surface area contributed by atoms with E-state index in [1.54, 1.807) is 0 Å². The molecule has 2 heterocycles. The topological polar surface area (TPSA) is 61.8 Å². The van der Waals surface area contributed by atoms with Crippen LogP contribution in [0.15, 0.2) is 11.6 Å². The van der Waals surface area contributed by atoms with Crippen LogP contribution in [-0.4, -0.2) is 35.9 Å². The first-order valence-electron chi connectivity index (χ1n) is 7.94. The van der Waals surface area contributed by atoms with E-state index in [4.69, 9.17) is 14.2 Å². The van der Waals surface area contributed by atoms with Crippen molar-refractivity contribution in [1.29, 1.82) is 0 Å². The minimum Gasteiger partial charge on any atom is -0.463 e. The van der Waals surface area contributed by atoms with E-state index in [1.807, 2.05) is 13.0 Å². The van der Waals surface area contributed by atoms with Gasteiger partial charge in [0.05, 0.1) is 6.10 Å². The number of carbonyl (C=O) groups excluding carboxylic acids is 2. The van der Waals surface area contributed by atoms with Crippen LogP contribution in [0.2, 0.25) is 0 Å². The van der Waals surface area contributed by atoms with Crippen LogP contribution in [0.4, 0.5) is 0 Å². The van der Waals surface area contributed by atoms with Crippen LogP contribution in [0.1, 0.15) is 47.0 Å². The van der Waals surface area contributed by atoms with Crippen LogP contribution in [0, 0.1) is 10.8 Å². The van der Waals surface area contributed by atoms with Gasteiger partial charge in [0.2, 0.25) is 0 Å². The first-order valence-corrected chi connectivity index (χ1v) is 7.94. The van der Waals surface area contributed by atoms with Crippen LogP contribution >= 0.6 is 0 Å². The number of Topliss-reactive ketones (excluding diaryl/α,β-unsaturated/α-hetero) is 1. The number of ketones is 1. The minimum absolute atomic E-state index is 0.0813. The van der Waals surface area contributed by atoms with Gasteiger partial charge in [0, 0.05) is 24.2 Å². The highest BCUT2D eigenvalue weighted by atomic mass is 16.8. The van der Waals surface area contributed by atoms with Crippen LogP contribution < -0.4 is 0 Å². The zero-order valence-corrected chi connectivity index (χ0v) is 13.5. The Morgan fingerprint density at radius 1 is 1.41 bits per heavy atom. The predicted octanol–water partition coefficient (Wildman–Crippen LogP) is 2.14. The molecule has 120 valence electrons. The van der Waals surface area contributed by atoms with Crippen LogP contribution in [0.25, 0.3) is 0 Å². The summed E-state index contributed by atoms with van der Waals surface area (Å²) in [7, 11) is 0. The number of rotatable bonds is 2. The summed E-state index contributed by atoms with van der Waals surface area (Å²) in [5, 5.41) is 0. The Labute approximate surface area is 130 Å². The molecule has 22 heavy (non-hydrogen) atoms. The lowest BCUT2D eigenvalue weighted by Gasteiger charge is -2.52. The highest BCUT2D eigenvalue weighted by Gasteiger charge is 2.85. The third-order valence-electron chi connectivity index (χ3n) is 6.85. The summed E-state index contributed by atoms with van der Waals surface area (Å²) in [5.74, 6) is -1.02. The lowest BCUT2D eigenvalue weighted by Crippen LogP contribution is -2.61. The first kappa shape index (κ1) is 14.4. The molecule has 0 aromatic heterocycles. The summed E-state index contributed by atoms with van der Waals surface area (Å²) in [6.45, 7) is 7.68. The molecule has 3 fully saturated rings. The summed E-state index contributed by atoms with van der Waals surface area (Å²) in [6, 6.07) is 0. The third-order valence-corrected chi connectivity index (χ3v) is 6.85. The maximum absolute atomic E-state index is 12.3. The van der Waals surface area contributed by atoms with Gasteiger partial charge in [0.1, 0.15) is 12.2 Å². The van der Waals surface area contributed by atoms with Crippen molar-refractivity contribution in [3.8, 4) is 0 Å². The number of allylic oxidation sites excluding steroid dienone is 1. The fraction of sp³-hybridized carbons (Fsp3) is 0.765. The van der Waals surface area contributed by atoms with Crippen molar-refractivity contribution >= 4 is 11.8 Å².